The SMILES string of the molecule is CC(Oc1cccc(C#N)c1)C(=O)NCC1(N2CCOCC2)CCSC1. The monoisotopic (exact) mass is 375 g/mol. The summed E-state index contributed by atoms with van der Waals surface area (Å²) in [5.41, 5.74) is 0.536. The Morgan fingerprint density at radius 3 is 3.00 bits per heavy atom. The minimum atomic E-state index is -0.611. The van der Waals surface area contributed by atoms with E-state index in [1.807, 2.05) is 11.8 Å². The van der Waals surface area contributed by atoms with Crippen molar-refractivity contribution < 1.29 is 14.3 Å². The molecule has 2 aliphatic rings. The molecule has 2 aliphatic heterocycles. The van der Waals surface area contributed by atoms with Crippen molar-refractivity contribution in [1.29, 1.82) is 5.26 Å². The molecule has 2 saturated heterocycles. The Hall–Kier alpha value is -1.75. The molecule has 140 valence electrons. The molecule has 1 aromatic carbocycles. The van der Waals surface area contributed by atoms with Gasteiger partial charge in [0.2, 0.25) is 0 Å². The lowest BCUT2D eigenvalue weighted by atomic mass is 9.95. The molecule has 7 heteroatoms. The van der Waals surface area contributed by atoms with Gasteiger partial charge in [0.05, 0.1) is 24.8 Å². The molecular weight excluding hydrogens is 350 g/mol. The van der Waals surface area contributed by atoms with Gasteiger partial charge in [-0.3, -0.25) is 9.69 Å². The number of carbonyl (C=O) groups excluding carboxylic acids is 1. The summed E-state index contributed by atoms with van der Waals surface area (Å²) in [5.74, 6) is 2.57. The van der Waals surface area contributed by atoms with E-state index in [1.54, 1.807) is 31.2 Å². The number of ether oxygens (including phenoxy) is 2. The van der Waals surface area contributed by atoms with Crippen LogP contribution in [-0.4, -0.2) is 66.8 Å². The Labute approximate surface area is 158 Å². The average molecular weight is 375 g/mol. The van der Waals surface area contributed by atoms with Crippen LogP contribution in [0, 0.1) is 11.3 Å². The third-order valence-electron chi connectivity index (χ3n) is 5.00. The summed E-state index contributed by atoms with van der Waals surface area (Å²) in [6.45, 7) is 5.72. The lowest BCUT2D eigenvalue weighted by Gasteiger charge is -2.43. The van der Waals surface area contributed by atoms with Gasteiger partial charge in [0.15, 0.2) is 6.10 Å². The zero-order valence-corrected chi connectivity index (χ0v) is 15.9. The minimum absolute atomic E-state index is 0.0184. The van der Waals surface area contributed by atoms with E-state index in [0.717, 1.165) is 44.2 Å². The van der Waals surface area contributed by atoms with Crippen molar-refractivity contribution in [1.82, 2.24) is 10.2 Å². The van der Waals surface area contributed by atoms with Crippen LogP contribution in [0.3, 0.4) is 0 Å². The molecule has 2 heterocycles. The van der Waals surface area contributed by atoms with E-state index in [0.29, 0.717) is 17.9 Å². The lowest BCUT2D eigenvalue weighted by Crippen LogP contribution is -2.59. The number of nitriles is 1. The molecule has 1 aromatic rings. The summed E-state index contributed by atoms with van der Waals surface area (Å²) >= 11 is 1.95. The summed E-state index contributed by atoms with van der Waals surface area (Å²) in [6.07, 6.45) is 0.469. The maximum absolute atomic E-state index is 12.5. The van der Waals surface area contributed by atoms with Crippen molar-refractivity contribution >= 4 is 17.7 Å². The van der Waals surface area contributed by atoms with Crippen molar-refractivity contribution in [2.24, 2.45) is 0 Å². The number of nitrogens with one attached hydrogen (secondary N) is 1. The van der Waals surface area contributed by atoms with Crippen LogP contribution in [0.1, 0.15) is 18.9 Å². The van der Waals surface area contributed by atoms with Crippen LogP contribution >= 0.6 is 11.8 Å². The van der Waals surface area contributed by atoms with Crippen LogP contribution in [0.25, 0.3) is 0 Å². The standard InChI is InChI=1S/C19H25N3O3S/c1-15(25-17-4-2-3-16(11-17)12-20)18(23)21-13-19(5-10-26-14-19)22-6-8-24-9-7-22/h2-4,11,15H,5-10,13-14H2,1H3,(H,21,23). The first-order chi connectivity index (χ1) is 12.6. The second-order valence-electron chi connectivity index (χ2n) is 6.74. The van der Waals surface area contributed by atoms with Gasteiger partial charge in [0, 0.05) is 30.9 Å². The van der Waals surface area contributed by atoms with Crippen LogP contribution in [0.2, 0.25) is 0 Å². The molecule has 26 heavy (non-hydrogen) atoms. The molecule has 2 fully saturated rings. The third-order valence-corrected chi connectivity index (χ3v) is 6.24. The third kappa shape index (κ3) is 4.50. The molecule has 2 unspecified atom stereocenters. The fraction of sp³-hybridized carbons (Fsp3) is 0.579. The first kappa shape index (κ1) is 19.0. The second-order valence-corrected chi connectivity index (χ2v) is 7.85. The summed E-state index contributed by atoms with van der Waals surface area (Å²) in [6, 6.07) is 8.94. The Morgan fingerprint density at radius 1 is 1.50 bits per heavy atom. The predicted octanol–water partition coefficient (Wildman–Crippen LogP) is 1.65. The molecule has 3 rings (SSSR count). The molecule has 2 atom stereocenters. The summed E-state index contributed by atoms with van der Waals surface area (Å²) in [5, 5.41) is 12.0. The zero-order valence-electron chi connectivity index (χ0n) is 15.1. The number of hydrogen-bond donors (Lipinski definition) is 1. The molecule has 0 saturated carbocycles. The van der Waals surface area contributed by atoms with Crippen LogP contribution in [-0.2, 0) is 9.53 Å². The van der Waals surface area contributed by atoms with Crippen LogP contribution in [0.4, 0.5) is 0 Å². The van der Waals surface area contributed by atoms with E-state index in [9.17, 15) is 4.79 Å². The Morgan fingerprint density at radius 2 is 2.31 bits per heavy atom. The smallest absolute Gasteiger partial charge is 0.260 e. The normalized spacial score (nSPS) is 24.6. The highest BCUT2D eigenvalue weighted by Gasteiger charge is 2.41. The number of nitrogens with zero attached hydrogens (tertiary/aromatic N) is 2. The van der Waals surface area contributed by atoms with Crippen molar-refractivity contribution in [2.75, 3.05) is 44.4 Å². The van der Waals surface area contributed by atoms with Gasteiger partial charge in [-0.2, -0.15) is 17.0 Å². The van der Waals surface area contributed by atoms with E-state index in [1.165, 1.54) is 0 Å². The summed E-state index contributed by atoms with van der Waals surface area (Å²) < 4.78 is 11.2. The number of rotatable bonds is 6. The van der Waals surface area contributed by atoms with Crippen LogP contribution in [0.5, 0.6) is 5.75 Å². The molecule has 0 spiro atoms. The highest BCUT2D eigenvalue weighted by molar-refractivity contribution is 7.99. The Bertz CT molecular complexity index is 664. The van der Waals surface area contributed by atoms with Crippen LogP contribution < -0.4 is 10.1 Å². The topological polar surface area (TPSA) is 74.6 Å². The van der Waals surface area contributed by atoms with Gasteiger partial charge in [0.25, 0.3) is 5.91 Å². The van der Waals surface area contributed by atoms with E-state index in [2.05, 4.69) is 16.3 Å². The summed E-state index contributed by atoms with van der Waals surface area (Å²) in [4.78, 5) is 15.0. The van der Waals surface area contributed by atoms with Gasteiger partial charge in [-0.1, -0.05) is 6.07 Å². The highest BCUT2D eigenvalue weighted by Crippen LogP contribution is 2.33. The van der Waals surface area contributed by atoms with Gasteiger partial charge >= 0.3 is 0 Å². The lowest BCUT2D eigenvalue weighted by molar-refractivity contribution is -0.128. The second kappa shape index (κ2) is 8.76. The molecule has 1 amide bonds. The molecule has 0 bridgehead atoms. The predicted molar refractivity (Wildman–Crippen MR) is 101 cm³/mol. The number of hydrogen-bond acceptors (Lipinski definition) is 6. The molecule has 6 nitrogen and oxygen atoms in total. The fourth-order valence-corrected chi connectivity index (χ4v) is 4.90. The maximum Gasteiger partial charge on any atom is 0.260 e. The van der Waals surface area contributed by atoms with Crippen LogP contribution in [0.15, 0.2) is 24.3 Å². The molecule has 0 aromatic heterocycles. The van der Waals surface area contributed by atoms with E-state index in [-0.39, 0.29) is 11.4 Å². The van der Waals surface area contributed by atoms with Crippen molar-refractivity contribution in [2.45, 2.75) is 25.0 Å². The average Bonchev–Trinajstić information content (AvgIpc) is 3.17. The zero-order chi connectivity index (χ0) is 18.4. The van der Waals surface area contributed by atoms with Crippen molar-refractivity contribution in [3.63, 3.8) is 0 Å². The van der Waals surface area contributed by atoms with E-state index >= 15 is 0 Å². The molecule has 0 aliphatic carbocycles. The van der Waals surface area contributed by atoms with Gasteiger partial charge in [-0.05, 0) is 37.3 Å². The van der Waals surface area contributed by atoms with Gasteiger partial charge in [-0.25, -0.2) is 0 Å². The number of morpholine rings is 1. The largest absolute Gasteiger partial charge is 0.481 e. The molecule has 1 N–H and O–H groups in total. The first-order valence-corrected chi connectivity index (χ1v) is 10.1. The number of thioether (sulfide) groups is 1. The first-order valence-electron chi connectivity index (χ1n) is 8.98. The fourth-order valence-electron chi connectivity index (χ4n) is 3.43. The number of carbonyl (C=O) groups is 1. The highest BCUT2D eigenvalue weighted by atomic mass is 32.2. The Kier molecular flexibility index (Phi) is 6.41. The van der Waals surface area contributed by atoms with Gasteiger partial charge in [-0.15, -0.1) is 0 Å². The minimum Gasteiger partial charge on any atom is -0.481 e. The van der Waals surface area contributed by atoms with Crippen molar-refractivity contribution in [3.8, 4) is 11.8 Å². The van der Waals surface area contributed by atoms with Gasteiger partial charge in [0.1, 0.15) is 5.75 Å². The summed E-state index contributed by atoms with van der Waals surface area (Å²) in [7, 11) is 0. The quantitative estimate of drug-likeness (QED) is 0.815. The Balaban J connectivity index is 1.56. The van der Waals surface area contributed by atoms with Gasteiger partial charge < -0.3 is 14.8 Å². The van der Waals surface area contributed by atoms with E-state index < -0.39 is 6.10 Å². The number of amides is 1. The number of benzene rings is 1. The maximum atomic E-state index is 12.5. The molecule has 0 radical (unpaired) electrons. The van der Waals surface area contributed by atoms with E-state index in [4.69, 9.17) is 14.7 Å². The van der Waals surface area contributed by atoms with Crippen molar-refractivity contribution in [3.05, 3.63) is 29.8 Å². The molecular formula is C19H25N3O3S.